The molecule has 0 saturated carbocycles. The largest absolute Gasteiger partial charge is 0.206 e. The molecule has 40 valence electrons. The quantitative estimate of drug-likeness (QED) is 0.481. The first-order chi connectivity index (χ1) is 3.93. The van der Waals surface area contributed by atoms with Crippen LogP contribution in [-0.2, 0) is 6.54 Å². The van der Waals surface area contributed by atoms with Crippen molar-refractivity contribution < 1.29 is 5.73 Å². The zero-order chi connectivity index (χ0) is 5.82. The Morgan fingerprint density at radius 3 is 2.12 bits per heavy atom. The van der Waals surface area contributed by atoms with Gasteiger partial charge in [-0.15, -0.1) is 0 Å². The number of rotatable bonds is 1. The average Bonchev–Trinajstić information content (AvgIpc) is 1.90. The maximum atomic E-state index is 6.94. The van der Waals surface area contributed by atoms with Crippen LogP contribution in [0.25, 0.3) is 0 Å². The number of hydrogen-bond donors (Lipinski definition) is 0. The van der Waals surface area contributed by atoms with Gasteiger partial charge >= 0.3 is 0 Å². The SMILES string of the molecule is [NH+]Cc1ccccc1. The van der Waals surface area contributed by atoms with Gasteiger partial charge in [0.2, 0.25) is 6.54 Å². The smallest absolute Gasteiger partial charge is 0.0622 e. The molecule has 0 aromatic heterocycles. The van der Waals surface area contributed by atoms with Crippen LogP contribution in [0.3, 0.4) is 0 Å². The van der Waals surface area contributed by atoms with Crippen LogP contribution in [0.5, 0.6) is 0 Å². The van der Waals surface area contributed by atoms with Crippen molar-refractivity contribution >= 4 is 0 Å². The number of nitrogens with one attached hydrogen (secondary N) is 1. The molecule has 1 nitrogen and oxygen atoms in total. The van der Waals surface area contributed by atoms with Crippen LogP contribution >= 0.6 is 0 Å². The summed E-state index contributed by atoms with van der Waals surface area (Å²) < 4.78 is 0. The van der Waals surface area contributed by atoms with Crippen molar-refractivity contribution in [1.29, 1.82) is 0 Å². The number of benzene rings is 1. The van der Waals surface area contributed by atoms with Crippen molar-refractivity contribution in [2.75, 3.05) is 0 Å². The molecule has 0 bridgehead atoms. The maximum absolute atomic E-state index is 6.94. The Bertz CT molecular complexity index is 146. The minimum Gasteiger partial charge on any atom is -0.0622 e. The van der Waals surface area contributed by atoms with E-state index in [1.807, 2.05) is 30.3 Å². The van der Waals surface area contributed by atoms with Gasteiger partial charge in [-0.3, -0.25) is 0 Å². The summed E-state index contributed by atoms with van der Waals surface area (Å²) in [7, 11) is 0. The highest BCUT2D eigenvalue weighted by molar-refractivity contribution is 5.12. The molecule has 1 heteroatoms. The second kappa shape index (κ2) is 2.48. The van der Waals surface area contributed by atoms with Crippen LogP contribution in [0.15, 0.2) is 30.3 Å². The van der Waals surface area contributed by atoms with Crippen LogP contribution in [0.1, 0.15) is 5.56 Å². The molecule has 0 amide bonds. The predicted molar refractivity (Wildman–Crippen MR) is 31.1 cm³/mol. The van der Waals surface area contributed by atoms with Gasteiger partial charge in [0.1, 0.15) is 0 Å². The Hall–Kier alpha value is -0.820. The third-order valence-corrected chi connectivity index (χ3v) is 1.05. The average molecular weight is 106 g/mol. The standard InChI is InChI=1S/C7H8N/c8-6-7-4-2-1-3-5-7/h1-5,8H,6H2/q+1. The van der Waals surface area contributed by atoms with Crippen LogP contribution in [-0.4, -0.2) is 0 Å². The molecule has 1 aromatic carbocycles. The molecule has 2 radical (unpaired) electrons. The van der Waals surface area contributed by atoms with Gasteiger partial charge < -0.3 is 0 Å². The summed E-state index contributed by atoms with van der Waals surface area (Å²) >= 11 is 0. The summed E-state index contributed by atoms with van der Waals surface area (Å²) in [6, 6.07) is 9.76. The van der Waals surface area contributed by atoms with Crippen LogP contribution < -0.4 is 5.73 Å². The molecule has 0 aliphatic heterocycles. The van der Waals surface area contributed by atoms with Gasteiger partial charge in [0.15, 0.2) is 0 Å². The Kier molecular flexibility index (Phi) is 1.65. The highest BCUT2D eigenvalue weighted by Crippen LogP contribution is 1.93. The third kappa shape index (κ3) is 1.07. The van der Waals surface area contributed by atoms with E-state index in [1.54, 1.807) is 0 Å². The first-order valence-corrected chi connectivity index (χ1v) is 2.62. The van der Waals surface area contributed by atoms with Crippen LogP contribution in [0.2, 0.25) is 0 Å². The van der Waals surface area contributed by atoms with Crippen molar-refractivity contribution in [3.05, 3.63) is 35.9 Å². The van der Waals surface area contributed by atoms with Crippen molar-refractivity contribution in [2.24, 2.45) is 0 Å². The van der Waals surface area contributed by atoms with Crippen molar-refractivity contribution in [1.82, 2.24) is 0 Å². The molecule has 0 unspecified atom stereocenters. The van der Waals surface area contributed by atoms with Gasteiger partial charge in [-0.25, -0.2) is 0 Å². The Balaban J connectivity index is 2.83. The summed E-state index contributed by atoms with van der Waals surface area (Å²) in [6.45, 7) is 0.390. The highest BCUT2D eigenvalue weighted by Gasteiger charge is 1.88. The molecule has 0 fully saturated rings. The fraction of sp³-hybridized carbons (Fsp3) is 0.143. The lowest BCUT2D eigenvalue weighted by Gasteiger charge is -1.83. The summed E-state index contributed by atoms with van der Waals surface area (Å²) in [5.74, 6) is 0. The molecule has 0 atom stereocenters. The second-order valence-electron chi connectivity index (χ2n) is 1.66. The lowest BCUT2D eigenvalue weighted by molar-refractivity contribution is -0.386. The van der Waals surface area contributed by atoms with Crippen molar-refractivity contribution in [3.8, 4) is 0 Å². The molecular formula is C7H8N+. The molecule has 0 heterocycles. The fourth-order valence-electron chi connectivity index (χ4n) is 0.596. The van der Waals surface area contributed by atoms with E-state index in [0.717, 1.165) is 5.56 Å². The molecule has 1 N–H and O–H groups in total. The monoisotopic (exact) mass is 106 g/mol. The third-order valence-electron chi connectivity index (χ3n) is 1.05. The van der Waals surface area contributed by atoms with Crippen molar-refractivity contribution in [3.63, 3.8) is 0 Å². The van der Waals surface area contributed by atoms with E-state index in [0.29, 0.717) is 6.54 Å². The lowest BCUT2D eigenvalue weighted by Crippen LogP contribution is -2.47. The van der Waals surface area contributed by atoms with Gasteiger partial charge in [-0.1, -0.05) is 30.3 Å². The zero-order valence-electron chi connectivity index (χ0n) is 4.59. The van der Waals surface area contributed by atoms with E-state index in [-0.39, 0.29) is 0 Å². The molecule has 1 rings (SSSR count). The van der Waals surface area contributed by atoms with E-state index in [4.69, 9.17) is 5.73 Å². The topological polar surface area (TPSA) is 23.8 Å². The van der Waals surface area contributed by atoms with E-state index < -0.39 is 0 Å². The first kappa shape index (κ1) is 5.32. The molecular weight excluding hydrogens is 98.1 g/mol. The predicted octanol–water partition coefficient (Wildman–Crippen LogP) is 0.0001000. The normalized spacial score (nSPS) is 9.12. The van der Waals surface area contributed by atoms with Gasteiger partial charge in [-0.05, 0) is 0 Å². The van der Waals surface area contributed by atoms with Crippen molar-refractivity contribution in [2.45, 2.75) is 6.54 Å². The van der Waals surface area contributed by atoms with E-state index in [1.165, 1.54) is 0 Å². The van der Waals surface area contributed by atoms with Crippen LogP contribution in [0, 0.1) is 0 Å². The highest BCUT2D eigenvalue weighted by atomic mass is 14.5. The van der Waals surface area contributed by atoms with Gasteiger partial charge in [0.05, 0.1) is 0 Å². The summed E-state index contributed by atoms with van der Waals surface area (Å²) in [6.07, 6.45) is 0. The molecule has 1 aromatic rings. The molecule has 8 heavy (non-hydrogen) atoms. The Morgan fingerprint density at radius 1 is 1.12 bits per heavy atom. The number of hydrogen-bond acceptors (Lipinski definition) is 0. The van der Waals surface area contributed by atoms with Gasteiger partial charge in [-0.2, -0.15) is 0 Å². The molecule has 0 aliphatic rings. The van der Waals surface area contributed by atoms with Gasteiger partial charge in [0.25, 0.3) is 0 Å². The minimum absolute atomic E-state index is 0.390. The molecule has 0 spiro atoms. The van der Waals surface area contributed by atoms with E-state index in [2.05, 4.69) is 0 Å². The lowest BCUT2D eigenvalue weighted by atomic mass is 10.2. The first-order valence-electron chi connectivity index (χ1n) is 2.62. The summed E-state index contributed by atoms with van der Waals surface area (Å²) in [5.41, 5.74) is 8.02. The van der Waals surface area contributed by atoms with E-state index in [9.17, 15) is 0 Å². The molecule has 0 aliphatic carbocycles. The van der Waals surface area contributed by atoms with E-state index >= 15 is 0 Å². The molecule has 0 saturated heterocycles. The Morgan fingerprint density at radius 2 is 1.75 bits per heavy atom. The summed E-state index contributed by atoms with van der Waals surface area (Å²) in [5, 5.41) is 0. The maximum Gasteiger partial charge on any atom is 0.206 e. The van der Waals surface area contributed by atoms with Gasteiger partial charge in [0, 0.05) is 11.3 Å². The second-order valence-corrected chi connectivity index (χ2v) is 1.66. The minimum atomic E-state index is 0.390. The Labute approximate surface area is 49.1 Å². The fourth-order valence-corrected chi connectivity index (χ4v) is 0.596. The summed E-state index contributed by atoms with van der Waals surface area (Å²) in [4.78, 5) is 0. The van der Waals surface area contributed by atoms with Crippen LogP contribution in [0.4, 0.5) is 0 Å². The zero-order valence-corrected chi connectivity index (χ0v) is 4.59.